The fourth-order valence-corrected chi connectivity index (χ4v) is 1.86. The van der Waals surface area contributed by atoms with Crippen LogP contribution in [0, 0.1) is 6.92 Å². The zero-order valence-corrected chi connectivity index (χ0v) is 10.8. The summed E-state index contributed by atoms with van der Waals surface area (Å²) in [6, 6.07) is 7.64. The summed E-state index contributed by atoms with van der Waals surface area (Å²) in [4.78, 5) is 13.9. The molecule has 0 saturated carbocycles. The average Bonchev–Trinajstić information content (AvgIpc) is 2.25. The van der Waals surface area contributed by atoms with Crippen LogP contribution in [-0.2, 0) is 0 Å². The Labute approximate surface area is 103 Å². The number of benzene rings is 1. The number of Topliss-reactive ketones (excluding diaryl/α,β-unsaturated/α-hetero) is 1. The number of rotatable bonds is 6. The number of aliphatic hydroxyl groups is 1. The van der Waals surface area contributed by atoms with Crippen molar-refractivity contribution in [3.63, 3.8) is 0 Å². The first-order valence-electron chi connectivity index (χ1n) is 5.96. The van der Waals surface area contributed by atoms with Crippen LogP contribution in [0.3, 0.4) is 0 Å². The van der Waals surface area contributed by atoms with Crippen LogP contribution >= 0.6 is 0 Å². The average molecular weight is 235 g/mol. The van der Waals surface area contributed by atoms with Crippen molar-refractivity contribution in [2.75, 3.05) is 20.1 Å². The van der Waals surface area contributed by atoms with Crippen LogP contribution in [0.2, 0.25) is 0 Å². The van der Waals surface area contributed by atoms with Crippen molar-refractivity contribution >= 4 is 5.78 Å². The lowest BCUT2D eigenvalue weighted by Crippen LogP contribution is -2.29. The molecule has 0 aliphatic heterocycles. The minimum atomic E-state index is -0.353. The summed E-state index contributed by atoms with van der Waals surface area (Å²) in [5.41, 5.74) is 1.83. The molecule has 1 unspecified atom stereocenters. The van der Waals surface area contributed by atoms with Crippen LogP contribution in [0.4, 0.5) is 0 Å². The Morgan fingerprint density at radius 2 is 2.06 bits per heavy atom. The number of hydrogen-bond donors (Lipinski definition) is 1. The number of hydrogen-bond acceptors (Lipinski definition) is 3. The van der Waals surface area contributed by atoms with Gasteiger partial charge in [0.2, 0.25) is 0 Å². The van der Waals surface area contributed by atoms with Gasteiger partial charge in [0.1, 0.15) is 0 Å². The molecule has 0 fully saturated rings. The molecule has 0 radical (unpaired) electrons. The summed E-state index contributed by atoms with van der Waals surface area (Å²) in [7, 11) is 1.91. The van der Waals surface area contributed by atoms with Crippen LogP contribution in [0.1, 0.15) is 29.3 Å². The summed E-state index contributed by atoms with van der Waals surface area (Å²) in [6.07, 6.45) is 0.141. The summed E-state index contributed by atoms with van der Waals surface area (Å²) >= 11 is 0. The van der Waals surface area contributed by atoms with Crippen molar-refractivity contribution in [3.05, 3.63) is 35.4 Å². The fraction of sp³-hybridized carbons (Fsp3) is 0.500. The molecule has 17 heavy (non-hydrogen) atoms. The van der Waals surface area contributed by atoms with E-state index < -0.39 is 0 Å². The molecule has 0 spiro atoms. The normalized spacial score (nSPS) is 12.8. The molecule has 0 aliphatic carbocycles. The minimum Gasteiger partial charge on any atom is -0.392 e. The maximum absolute atomic E-state index is 12.0. The Bertz CT molecular complexity index is 374. The first-order valence-corrected chi connectivity index (χ1v) is 5.96. The van der Waals surface area contributed by atoms with Crippen molar-refractivity contribution in [2.24, 2.45) is 0 Å². The molecule has 0 heterocycles. The van der Waals surface area contributed by atoms with Crippen molar-refractivity contribution in [1.82, 2.24) is 4.90 Å². The Hall–Kier alpha value is -1.19. The van der Waals surface area contributed by atoms with Crippen molar-refractivity contribution < 1.29 is 9.90 Å². The monoisotopic (exact) mass is 235 g/mol. The van der Waals surface area contributed by atoms with Gasteiger partial charge >= 0.3 is 0 Å². The van der Waals surface area contributed by atoms with E-state index in [4.69, 9.17) is 0 Å². The molecule has 0 bridgehead atoms. The van der Waals surface area contributed by atoms with Crippen molar-refractivity contribution in [1.29, 1.82) is 0 Å². The Morgan fingerprint density at radius 3 is 2.65 bits per heavy atom. The van der Waals surface area contributed by atoms with Gasteiger partial charge < -0.3 is 10.0 Å². The number of aliphatic hydroxyl groups excluding tert-OH is 1. The quantitative estimate of drug-likeness (QED) is 0.765. The van der Waals surface area contributed by atoms with Gasteiger partial charge in [0.25, 0.3) is 0 Å². The van der Waals surface area contributed by atoms with Crippen molar-refractivity contribution in [2.45, 2.75) is 26.4 Å². The summed E-state index contributed by atoms with van der Waals surface area (Å²) in [6.45, 7) is 4.98. The number of carbonyl (C=O) groups is 1. The van der Waals surface area contributed by atoms with E-state index in [1.165, 1.54) is 0 Å². The third-order valence-corrected chi connectivity index (χ3v) is 2.74. The van der Waals surface area contributed by atoms with Crippen LogP contribution < -0.4 is 0 Å². The van der Waals surface area contributed by atoms with E-state index in [0.717, 1.165) is 11.1 Å². The molecule has 3 nitrogen and oxygen atoms in total. The van der Waals surface area contributed by atoms with Gasteiger partial charge in [-0.15, -0.1) is 0 Å². The maximum atomic E-state index is 12.0. The second-order valence-corrected chi connectivity index (χ2v) is 4.60. The van der Waals surface area contributed by atoms with Gasteiger partial charge in [-0.05, 0) is 26.5 Å². The lowest BCUT2D eigenvalue weighted by molar-refractivity contribution is 0.0947. The minimum absolute atomic E-state index is 0.167. The smallest absolute Gasteiger partial charge is 0.164 e. The van der Waals surface area contributed by atoms with Crippen LogP contribution in [0.25, 0.3) is 0 Å². The molecule has 3 heteroatoms. The number of aryl methyl sites for hydroxylation is 1. The van der Waals surface area contributed by atoms with E-state index in [0.29, 0.717) is 19.5 Å². The molecule has 0 aromatic heterocycles. The molecule has 1 aromatic carbocycles. The second-order valence-electron chi connectivity index (χ2n) is 4.60. The molecule has 1 aromatic rings. The van der Waals surface area contributed by atoms with E-state index >= 15 is 0 Å². The highest BCUT2D eigenvalue weighted by atomic mass is 16.3. The number of likely N-dealkylation sites (N-methyl/N-ethyl adjacent to an activating group) is 1. The Kier molecular flexibility index (Phi) is 5.32. The second kappa shape index (κ2) is 6.52. The van der Waals surface area contributed by atoms with Gasteiger partial charge in [-0.1, -0.05) is 24.3 Å². The van der Waals surface area contributed by atoms with E-state index in [1.54, 1.807) is 6.92 Å². The molecule has 0 saturated heterocycles. The molecule has 0 aliphatic rings. The zero-order chi connectivity index (χ0) is 12.8. The van der Waals surface area contributed by atoms with Crippen LogP contribution in [-0.4, -0.2) is 42.0 Å². The van der Waals surface area contributed by atoms with Crippen molar-refractivity contribution in [3.8, 4) is 0 Å². The number of nitrogens with zero attached hydrogens (tertiary/aromatic N) is 1. The van der Waals surface area contributed by atoms with Gasteiger partial charge in [0.05, 0.1) is 6.10 Å². The summed E-state index contributed by atoms with van der Waals surface area (Å²) < 4.78 is 0. The molecule has 1 N–H and O–H groups in total. The Balaban J connectivity index is 2.48. The fourth-order valence-electron chi connectivity index (χ4n) is 1.86. The first kappa shape index (κ1) is 13.9. The number of ketones is 1. The van der Waals surface area contributed by atoms with Gasteiger partial charge in [-0.2, -0.15) is 0 Å². The molecule has 1 atom stereocenters. The molecule has 1 rings (SSSR count). The highest BCUT2D eigenvalue weighted by Gasteiger charge is 2.10. The van der Waals surface area contributed by atoms with E-state index in [1.807, 2.05) is 43.1 Å². The zero-order valence-electron chi connectivity index (χ0n) is 10.8. The van der Waals surface area contributed by atoms with E-state index in [9.17, 15) is 9.90 Å². The summed E-state index contributed by atoms with van der Waals surface area (Å²) in [5, 5.41) is 9.22. The van der Waals surface area contributed by atoms with Gasteiger partial charge in [0, 0.05) is 25.1 Å². The molecular formula is C14H21NO2. The third kappa shape index (κ3) is 4.67. The van der Waals surface area contributed by atoms with E-state index in [2.05, 4.69) is 0 Å². The topological polar surface area (TPSA) is 40.5 Å². The summed E-state index contributed by atoms with van der Waals surface area (Å²) in [5.74, 6) is 0.167. The van der Waals surface area contributed by atoms with E-state index in [-0.39, 0.29) is 11.9 Å². The van der Waals surface area contributed by atoms with Gasteiger partial charge in [-0.25, -0.2) is 0 Å². The SMILES string of the molecule is Cc1ccccc1C(=O)CCN(C)CC(C)O. The molecule has 0 amide bonds. The Morgan fingerprint density at radius 1 is 1.41 bits per heavy atom. The molecule has 94 valence electrons. The molecular weight excluding hydrogens is 214 g/mol. The predicted molar refractivity (Wildman–Crippen MR) is 69.3 cm³/mol. The maximum Gasteiger partial charge on any atom is 0.164 e. The number of carbonyl (C=O) groups excluding carboxylic acids is 1. The highest BCUT2D eigenvalue weighted by molar-refractivity contribution is 5.97. The standard InChI is InChI=1S/C14H21NO2/c1-11-6-4-5-7-13(11)14(17)8-9-15(3)10-12(2)16/h4-7,12,16H,8-10H2,1-3H3. The third-order valence-electron chi connectivity index (χ3n) is 2.74. The van der Waals surface area contributed by atoms with Gasteiger partial charge in [0.15, 0.2) is 5.78 Å². The van der Waals surface area contributed by atoms with Crippen LogP contribution in [0.5, 0.6) is 0 Å². The lowest BCUT2D eigenvalue weighted by atomic mass is 10.0. The predicted octanol–water partition coefficient (Wildman–Crippen LogP) is 1.88. The van der Waals surface area contributed by atoms with Gasteiger partial charge in [-0.3, -0.25) is 4.79 Å². The lowest BCUT2D eigenvalue weighted by Gasteiger charge is -2.17. The first-order chi connectivity index (χ1) is 8.00. The highest BCUT2D eigenvalue weighted by Crippen LogP contribution is 2.10. The van der Waals surface area contributed by atoms with Crippen LogP contribution in [0.15, 0.2) is 24.3 Å². The largest absolute Gasteiger partial charge is 0.392 e.